The summed E-state index contributed by atoms with van der Waals surface area (Å²) >= 11 is 0. The molecule has 2 atom stereocenters. The average Bonchev–Trinajstić information content (AvgIpc) is 2.83. The molecule has 1 aliphatic rings. The number of aliphatic hydroxyl groups excluding tert-OH is 2. The van der Waals surface area contributed by atoms with Crippen molar-refractivity contribution in [1.82, 2.24) is 9.80 Å². The van der Waals surface area contributed by atoms with Crippen LogP contribution in [0.2, 0.25) is 0 Å². The number of ether oxygens (including phenoxy) is 2. The van der Waals surface area contributed by atoms with Gasteiger partial charge >= 0.3 is 0 Å². The highest BCUT2D eigenvalue weighted by molar-refractivity contribution is 5.29. The van der Waals surface area contributed by atoms with Gasteiger partial charge in [0.2, 0.25) is 0 Å². The van der Waals surface area contributed by atoms with Crippen molar-refractivity contribution in [3.63, 3.8) is 0 Å². The van der Waals surface area contributed by atoms with Crippen molar-refractivity contribution in [3.8, 4) is 11.5 Å². The third kappa shape index (κ3) is 8.58. The monoisotopic (exact) mass is 470 g/mol. The first-order chi connectivity index (χ1) is 16.3. The fraction of sp³-hybridized carbons (Fsp3) is 0.571. The summed E-state index contributed by atoms with van der Waals surface area (Å²) in [5, 5.41) is 20.8. The van der Waals surface area contributed by atoms with Crippen molar-refractivity contribution in [2.24, 2.45) is 0 Å². The molecule has 2 aromatic carbocycles. The Morgan fingerprint density at radius 2 is 0.941 bits per heavy atom. The number of piperazine rings is 1. The zero-order valence-corrected chi connectivity index (χ0v) is 21.2. The smallest absolute Gasteiger partial charge is 0.119 e. The van der Waals surface area contributed by atoms with Gasteiger partial charge in [-0.1, -0.05) is 52.0 Å². The Balaban J connectivity index is 1.30. The van der Waals surface area contributed by atoms with E-state index in [0.717, 1.165) is 37.7 Å². The van der Waals surface area contributed by atoms with Crippen LogP contribution < -0.4 is 9.47 Å². The van der Waals surface area contributed by atoms with Gasteiger partial charge in [0.25, 0.3) is 0 Å². The molecular formula is C28H42N2O4. The molecule has 188 valence electrons. The molecule has 0 aliphatic carbocycles. The minimum atomic E-state index is -0.530. The standard InChI is InChI=1S/C28H42N2O4/c1-21(2)23-5-9-27(10-6-23)33-19-25(31)17-29-13-15-30(16-14-29)18-26(32)20-34-28-11-7-24(8-12-28)22(3)4/h5-12,21-22,25-26,31-32H,13-20H2,1-4H3. The first kappa shape index (κ1) is 26.5. The predicted octanol–water partition coefficient (Wildman–Crippen LogP) is 3.73. The number of nitrogens with zero attached hydrogens (tertiary/aromatic N) is 2. The number of hydrogen-bond acceptors (Lipinski definition) is 6. The third-order valence-electron chi connectivity index (χ3n) is 6.38. The van der Waals surface area contributed by atoms with E-state index in [-0.39, 0.29) is 13.2 Å². The molecule has 1 aliphatic heterocycles. The maximum Gasteiger partial charge on any atom is 0.119 e. The molecule has 0 spiro atoms. The lowest BCUT2D eigenvalue weighted by molar-refractivity contribution is 0.0240. The number of rotatable bonds is 12. The fourth-order valence-corrected chi connectivity index (χ4v) is 4.14. The van der Waals surface area contributed by atoms with Gasteiger partial charge in [-0.05, 0) is 47.2 Å². The summed E-state index contributed by atoms with van der Waals surface area (Å²) in [6, 6.07) is 16.2. The van der Waals surface area contributed by atoms with Crippen molar-refractivity contribution in [1.29, 1.82) is 0 Å². The molecule has 1 fully saturated rings. The van der Waals surface area contributed by atoms with Gasteiger partial charge in [0.1, 0.15) is 36.9 Å². The molecule has 0 bridgehead atoms. The lowest BCUT2D eigenvalue weighted by Gasteiger charge is -2.36. The highest BCUT2D eigenvalue weighted by atomic mass is 16.5. The fourth-order valence-electron chi connectivity index (χ4n) is 4.14. The second kappa shape index (κ2) is 13.1. The second-order valence-electron chi connectivity index (χ2n) is 9.98. The summed E-state index contributed by atoms with van der Waals surface area (Å²) in [6.07, 6.45) is -1.06. The SMILES string of the molecule is CC(C)c1ccc(OCC(O)CN2CCN(CC(O)COc3ccc(C(C)C)cc3)CC2)cc1. The number of benzene rings is 2. The topological polar surface area (TPSA) is 65.4 Å². The van der Waals surface area contributed by atoms with E-state index >= 15 is 0 Å². The molecule has 0 aromatic heterocycles. The lowest BCUT2D eigenvalue weighted by atomic mass is 10.0. The quantitative estimate of drug-likeness (QED) is 0.493. The van der Waals surface area contributed by atoms with Crippen LogP contribution in [0.3, 0.4) is 0 Å². The van der Waals surface area contributed by atoms with Gasteiger partial charge in [-0.15, -0.1) is 0 Å². The Labute approximate surface area is 205 Å². The number of β-amino-alcohol motifs (C(OH)–C–C–N with tert-alkyl or cyclic N) is 2. The first-order valence-electron chi connectivity index (χ1n) is 12.6. The molecule has 0 saturated carbocycles. The van der Waals surface area contributed by atoms with Crippen LogP contribution in [-0.4, -0.2) is 84.7 Å². The van der Waals surface area contributed by atoms with Crippen LogP contribution in [0.5, 0.6) is 11.5 Å². The lowest BCUT2D eigenvalue weighted by Crippen LogP contribution is -2.51. The van der Waals surface area contributed by atoms with E-state index in [1.54, 1.807) is 0 Å². The van der Waals surface area contributed by atoms with Crippen LogP contribution in [0.25, 0.3) is 0 Å². The molecule has 34 heavy (non-hydrogen) atoms. The molecule has 0 radical (unpaired) electrons. The summed E-state index contributed by atoms with van der Waals surface area (Å²) in [5.41, 5.74) is 2.56. The molecule has 2 aromatic rings. The molecule has 1 saturated heterocycles. The minimum Gasteiger partial charge on any atom is -0.491 e. The van der Waals surface area contributed by atoms with E-state index in [1.807, 2.05) is 24.3 Å². The highest BCUT2D eigenvalue weighted by Gasteiger charge is 2.21. The van der Waals surface area contributed by atoms with Crippen LogP contribution in [0.1, 0.15) is 50.7 Å². The van der Waals surface area contributed by atoms with Crippen molar-refractivity contribution in [3.05, 3.63) is 59.7 Å². The Bertz CT molecular complexity index is 759. The highest BCUT2D eigenvalue weighted by Crippen LogP contribution is 2.20. The zero-order chi connectivity index (χ0) is 24.5. The van der Waals surface area contributed by atoms with E-state index in [0.29, 0.717) is 24.9 Å². The molecule has 3 rings (SSSR count). The third-order valence-corrected chi connectivity index (χ3v) is 6.38. The number of aliphatic hydroxyl groups is 2. The molecule has 1 heterocycles. The van der Waals surface area contributed by atoms with Crippen LogP contribution in [0.15, 0.2) is 48.5 Å². The molecular weight excluding hydrogens is 428 g/mol. The van der Waals surface area contributed by atoms with Crippen LogP contribution in [0.4, 0.5) is 0 Å². The van der Waals surface area contributed by atoms with E-state index in [2.05, 4.69) is 61.8 Å². The molecule has 6 nitrogen and oxygen atoms in total. The van der Waals surface area contributed by atoms with Crippen molar-refractivity contribution in [2.75, 3.05) is 52.5 Å². The van der Waals surface area contributed by atoms with Gasteiger partial charge in [0.15, 0.2) is 0 Å². The minimum absolute atomic E-state index is 0.287. The van der Waals surface area contributed by atoms with E-state index in [4.69, 9.17) is 9.47 Å². The molecule has 2 N–H and O–H groups in total. The predicted molar refractivity (Wildman–Crippen MR) is 137 cm³/mol. The Morgan fingerprint density at radius 3 is 1.24 bits per heavy atom. The Kier molecular flexibility index (Phi) is 10.2. The summed E-state index contributed by atoms with van der Waals surface area (Å²) < 4.78 is 11.5. The molecule has 6 heteroatoms. The summed E-state index contributed by atoms with van der Waals surface area (Å²) in [5.74, 6) is 2.57. The zero-order valence-electron chi connectivity index (χ0n) is 21.2. The van der Waals surface area contributed by atoms with Gasteiger partial charge < -0.3 is 19.7 Å². The first-order valence-corrected chi connectivity index (χ1v) is 12.6. The van der Waals surface area contributed by atoms with E-state index in [9.17, 15) is 10.2 Å². The number of hydrogen-bond donors (Lipinski definition) is 2. The van der Waals surface area contributed by atoms with Gasteiger partial charge in [0, 0.05) is 39.3 Å². The van der Waals surface area contributed by atoms with Gasteiger partial charge in [0.05, 0.1) is 0 Å². The van der Waals surface area contributed by atoms with Gasteiger partial charge in [-0.2, -0.15) is 0 Å². The van der Waals surface area contributed by atoms with E-state index < -0.39 is 12.2 Å². The molecule has 0 amide bonds. The van der Waals surface area contributed by atoms with Crippen LogP contribution >= 0.6 is 0 Å². The second-order valence-corrected chi connectivity index (χ2v) is 9.98. The average molecular weight is 471 g/mol. The van der Waals surface area contributed by atoms with Crippen molar-refractivity contribution < 1.29 is 19.7 Å². The van der Waals surface area contributed by atoms with Crippen LogP contribution in [0, 0.1) is 0 Å². The Morgan fingerprint density at radius 1 is 0.618 bits per heavy atom. The van der Waals surface area contributed by atoms with Crippen molar-refractivity contribution in [2.45, 2.75) is 51.7 Å². The summed E-state index contributed by atoms with van der Waals surface area (Å²) in [7, 11) is 0. The van der Waals surface area contributed by atoms with Gasteiger partial charge in [-0.3, -0.25) is 9.80 Å². The van der Waals surface area contributed by atoms with Crippen LogP contribution in [-0.2, 0) is 0 Å². The van der Waals surface area contributed by atoms with Crippen molar-refractivity contribution >= 4 is 0 Å². The maximum atomic E-state index is 10.4. The summed E-state index contributed by atoms with van der Waals surface area (Å²) in [6.45, 7) is 13.9. The Hall–Kier alpha value is -2.12. The van der Waals surface area contributed by atoms with Gasteiger partial charge in [-0.25, -0.2) is 0 Å². The maximum absolute atomic E-state index is 10.4. The normalized spacial score (nSPS) is 17.2. The molecule has 2 unspecified atom stereocenters. The summed E-state index contributed by atoms with van der Waals surface area (Å²) in [4.78, 5) is 4.51. The van der Waals surface area contributed by atoms with E-state index in [1.165, 1.54) is 11.1 Å². The largest absolute Gasteiger partial charge is 0.491 e.